The number of amides is 1. The van der Waals surface area contributed by atoms with Gasteiger partial charge in [-0.05, 0) is 71.3 Å². The molecule has 7 nitrogen and oxygen atoms in total. The van der Waals surface area contributed by atoms with Crippen molar-refractivity contribution in [3.05, 3.63) is 62.8 Å². The summed E-state index contributed by atoms with van der Waals surface area (Å²) in [5.41, 5.74) is 4.31. The topological polar surface area (TPSA) is 94.4 Å². The van der Waals surface area contributed by atoms with Crippen LogP contribution < -0.4 is 10.1 Å². The maximum absolute atomic E-state index is 12.2. The fourth-order valence-corrected chi connectivity index (χ4v) is 3.31. The molecule has 1 atom stereocenters. The minimum Gasteiger partial charge on any atom is -0.476 e. The number of hydrogen-bond donors (Lipinski definition) is 1. The van der Waals surface area contributed by atoms with Gasteiger partial charge in [-0.1, -0.05) is 18.2 Å². The molecule has 0 spiro atoms. The van der Waals surface area contributed by atoms with Crippen molar-refractivity contribution in [3.63, 3.8) is 0 Å². The quantitative estimate of drug-likeness (QED) is 0.622. The van der Waals surface area contributed by atoms with Crippen LogP contribution in [0.2, 0.25) is 0 Å². The van der Waals surface area contributed by atoms with Gasteiger partial charge in [0.2, 0.25) is 5.75 Å². The summed E-state index contributed by atoms with van der Waals surface area (Å²) in [7, 11) is 0. The third kappa shape index (κ3) is 4.61. The Morgan fingerprint density at radius 2 is 2.00 bits per heavy atom. The second-order valence-corrected chi connectivity index (χ2v) is 6.84. The number of pyridine rings is 1. The summed E-state index contributed by atoms with van der Waals surface area (Å²) in [6.07, 6.45) is 4.63. The van der Waals surface area contributed by atoms with Gasteiger partial charge in [0.1, 0.15) is 5.69 Å². The highest BCUT2D eigenvalue weighted by Crippen LogP contribution is 2.26. The first-order valence-corrected chi connectivity index (χ1v) is 9.10. The molecule has 1 aliphatic carbocycles. The molecule has 1 aliphatic rings. The van der Waals surface area contributed by atoms with Gasteiger partial charge in [0, 0.05) is 6.92 Å². The van der Waals surface area contributed by atoms with Crippen molar-refractivity contribution in [3.8, 4) is 5.75 Å². The number of benzene rings is 1. The number of carbonyl (C=O) groups is 1. The van der Waals surface area contributed by atoms with Crippen molar-refractivity contribution in [2.75, 3.05) is 6.61 Å². The van der Waals surface area contributed by atoms with Gasteiger partial charge in [0.15, 0.2) is 6.61 Å². The SMILES string of the molecule is Cc1ccc(OCC(=O)N[C@@H](C)c2ccc3c(c2)CCCC3)c([N+](=O)[O-])n1. The summed E-state index contributed by atoms with van der Waals surface area (Å²) >= 11 is 0. The minimum absolute atomic E-state index is 0.0119. The molecule has 1 amide bonds. The Bertz CT molecular complexity index is 866. The van der Waals surface area contributed by atoms with E-state index in [1.54, 1.807) is 13.0 Å². The average molecular weight is 369 g/mol. The van der Waals surface area contributed by atoms with Crippen LogP contribution in [0.4, 0.5) is 5.82 Å². The van der Waals surface area contributed by atoms with Crippen LogP contribution >= 0.6 is 0 Å². The van der Waals surface area contributed by atoms with Crippen molar-refractivity contribution in [2.24, 2.45) is 0 Å². The highest BCUT2D eigenvalue weighted by Gasteiger charge is 2.19. The molecule has 0 aliphatic heterocycles. The van der Waals surface area contributed by atoms with E-state index >= 15 is 0 Å². The fraction of sp³-hybridized carbons (Fsp3) is 0.400. The molecular weight excluding hydrogens is 346 g/mol. The molecule has 142 valence electrons. The van der Waals surface area contributed by atoms with E-state index in [9.17, 15) is 14.9 Å². The Balaban J connectivity index is 1.60. The van der Waals surface area contributed by atoms with Gasteiger partial charge in [-0.2, -0.15) is 0 Å². The molecule has 1 heterocycles. The zero-order valence-corrected chi connectivity index (χ0v) is 15.5. The lowest BCUT2D eigenvalue weighted by atomic mass is 9.89. The summed E-state index contributed by atoms with van der Waals surface area (Å²) in [6.45, 7) is 3.27. The van der Waals surface area contributed by atoms with Crippen LogP contribution in [0, 0.1) is 17.0 Å². The molecular formula is C20H23N3O4. The molecule has 3 rings (SSSR count). The summed E-state index contributed by atoms with van der Waals surface area (Å²) in [5, 5.41) is 13.9. The summed E-state index contributed by atoms with van der Waals surface area (Å²) in [4.78, 5) is 26.5. The van der Waals surface area contributed by atoms with E-state index < -0.39 is 4.92 Å². The van der Waals surface area contributed by atoms with Gasteiger partial charge in [0.25, 0.3) is 5.91 Å². The molecule has 2 aromatic rings. The number of rotatable bonds is 6. The van der Waals surface area contributed by atoms with Gasteiger partial charge >= 0.3 is 5.82 Å². The molecule has 0 bridgehead atoms. The zero-order chi connectivity index (χ0) is 19.4. The van der Waals surface area contributed by atoms with Crippen LogP contribution in [0.15, 0.2) is 30.3 Å². The normalized spacial score (nSPS) is 14.1. The lowest BCUT2D eigenvalue weighted by molar-refractivity contribution is -0.390. The maximum Gasteiger partial charge on any atom is 0.406 e. The number of nitro groups is 1. The van der Waals surface area contributed by atoms with E-state index in [2.05, 4.69) is 22.4 Å². The van der Waals surface area contributed by atoms with Crippen LogP contribution in [-0.2, 0) is 17.6 Å². The number of aryl methyl sites for hydroxylation is 3. The molecule has 0 unspecified atom stereocenters. The predicted molar refractivity (Wildman–Crippen MR) is 101 cm³/mol. The molecule has 1 aromatic carbocycles. The number of hydrogen-bond acceptors (Lipinski definition) is 5. The van der Waals surface area contributed by atoms with Gasteiger partial charge in [-0.15, -0.1) is 0 Å². The van der Waals surface area contributed by atoms with Crippen molar-refractivity contribution < 1.29 is 14.5 Å². The predicted octanol–water partition coefficient (Wildman–Crippen LogP) is 3.43. The average Bonchev–Trinajstić information content (AvgIpc) is 2.66. The molecule has 0 radical (unpaired) electrons. The first-order chi connectivity index (χ1) is 12.9. The van der Waals surface area contributed by atoms with Gasteiger partial charge in [-0.3, -0.25) is 4.79 Å². The molecule has 0 saturated heterocycles. The molecule has 0 fully saturated rings. The van der Waals surface area contributed by atoms with Gasteiger partial charge in [0.05, 0.1) is 6.04 Å². The Hall–Kier alpha value is -2.96. The Morgan fingerprint density at radius 1 is 1.26 bits per heavy atom. The summed E-state index contributed by atoms with van der Waals surface area (Å²) in [5.74, 6) is -0.734. The molecule has 0 saturated carbocycles. The molecule has 1 aromatic heterocycles. The van der Waals surface area contributed by atoms with Gasteiger partial charge in [-0.25, -0.2) is 0 Å². The fourth-order valence-electron chi connectivity index (χ4n) is 3.31. The van der Waals surface area contributed by atoms with Gasteiger partial charge < -0.3 is 20.2 Å². The molecule has 1 N–H and O–H groups in total. The third-order valence-corrected chi connectivity index (χ3v) is 4.76. The number of carbonyl (C=O) groups excluding carboxylic acids is 1. The van der Waals surface area contributed by atoms with E-state index in [1.165, 1.54) is 30.0 Å². The number of fused-ring (bicyclic) bond motifs is 1. The second-order valence-electron chi connectivity index (χ2n) is 6.84. The lowest BCUT2D eigenvalue weighted by Gasteiger charge is -2.20. The Labute approximate surface area is 157 Å². The Kier molecular flexibility index (Phi) is 5.69. The summed E-state index contributed by atoms with van der Waals surface area (Å²) in [6, 6.07) is 9.25. The number of nitrogens with zero attached hydrogens (tertiary/aromatic N) is 2. The smallest absolute Gasteiger partial charge is 0.406 e. The van der Waals surface area contributed by atoms with Crippen molar-refractivity contribution in [2.45, 2.75) is 45.6 Å². The van der Waals surface area contributed by atoms with Crippen LogP contribution in [-0.4, -0.2) is 22.4 Å². The first-order valence-electron chi connectivity index (χ1n) is 9.10. The maximum atomic E-state index is 12.2. The van der Waals surface area contributed by atoms with Crippen LogP contribution in [0.5, 0.6) is 5.75 Å². The molecule has 7 heteroatoms. The number of aromatic nitrogens is 1. The first kappa shape index (κ1) is 18.8. The number of nitrogens with one attached hydrogen (secondary N) is 1. The van der Waals surface area contributed by atoms with E-state index in [-0.39, 0.29) is 30.1 Å². The monoisotopic (exact) mass is 369 g/mol. The highest BCUT2D eigenvalue weighted by molar-refractivity contribution is 5.78. The van der Waals surface area contributed by atoms with Crippen molar-refractivity contribution >= 4 is 11.7 Å². The second kappa shape index (κ2) is 8.16. The third-order valence-electron chi connectivity index (χ3n) is 4.76. The Morgan fingerprint density at radius 3 is 2.74 bits per heavy atom. The standard InChI is InChI=1S/C20H23N3O4/c1-13-7-10-18(20(21-13)23(25)26)27-12-19(24)22-14(2)16-9-8-15-5-3-4-6-17(15)11-16/h7-11,14H,3-6,12H2,1-2H3,(H,22,24)/t14-/m0/s1. The lowest BCUT2D eigenvalue weighted by Crippen LogP contribution is -2.31. The highest BCUT2D eigenvalue weighted by atomic mass is 16.6. The summed E-state index contributed by atoms with van der Waals surface area (Å²) < 4.78 is 5.33. The van der Waals surface area contributed by atoms with Crippen molar-refractivity contribution in [1.29, 1.82) is 0 Å². The minimum atomic E-state index is -0.615. The van der Waals surface area contributed by atoms with Crippen LogP contribution in [0.3, 0.4) is 0 Å². The zero-order valence-electron chi connectivity index (χ0n) is 15.5. The van der Waals surface area contributed by atoms with Crippen molar-refractivity contribution in [1.82, 2.24) is 10.3 Å². The van der Waals surface area contributed by atoms with E-state index in [0.717, 1.165) is 18.4 Å². The van der Waals surface area contributed by atoms with Crippen LogP contribution in [0.25, 0.3) is 0 Å². The van der Waals surface area contributed by atoms with E-state index in [0.29, 0.717) is 5.69 Å². The molecule has 27 heavy (non-hydrogen) atoms. The van der Waals surface area contributed by atoms with Crippen LogP contribution in [0.1, 0.15) is 48.2 Å². The number of ether oxygens (including phenoxy) is 1. The van der Waals surface area contributed by atoms with E-state index in [4.69, 9.17) is 4.74 Å². The largest absolute Gasteiger partial charge is 0.476 e. The van der Waals surface area contributed by atoms with E-state index in [1.807, 2.05) is 13.0 Å².